The Balaban J connectivity index is 1.71. The molecule has 1 saturated carbocycles. The number of rotatable bonds is 5. The van der Waals surface area contributed by atoms with Crippen LogP contribution in [0.5, 0.6) is 11.5 Å². The standard InChI is InChI=1S/C21H26N2O4S/c1-15-5-3-7-19(16(15)2)23(28(24,25)18-6-4-10-22-12-18)13-17-8-9-20-21(11-17)27-14-26-20/h4,6,8-12,15-16,19H,3,5,7,13-14H2,1-2H3/t15-,16-,19+/m1/s1. The molecule has 0 N–H and O–H groups in total. The van der Waals surface area contributed by atoms with E-state index in [-0.39, 0.29) is 23.6 Å². The molecule has 1 aromatic carbocycles. The van der Waals surface area contributed by atoms with Gasteiger partial charge < -0.3 is 9.47 Å². The lowest BCUT2D eigenvalue weighted by Gasteiger charge is -2.40. The maximum Gasteiger partial charge on any atom is 0.245 e. The molecule has 1 aromatic heterocycles. The first kappa shape index (κ1) is 19.2. The van der Waals surface area contributed by atoms with Crippen LogP contribution < -0.4 is 9.47 Å². The van der Waals surface area contributed by atoms with Crippen LogP contribution in [0.1, 0.15) is 38.7 Å². The lowest BCUT2D eigenvalue weighted by Crippen LogP contribution is -2.46. The number of fused-ring (bicyclic) bond motifs is 1. The van der Waals surface area contributed by atoms with Gasteiger partial charge in [0.2, 0.25) is 16.8 Å². The van der Waals surface area contributed by atoms with Crippen LogP contribution in [0.25, 0.3) is 0 Å². The van der Waals surface area contributed by atoms with Gasteiger partial charge in [0.15, 0.2) is 11.5 Å². The number of hydrogen-bond donors (Lipinski definition) is 0. The minimum Gasteiger partial charge on any atom is -0.454 e. The molecule has 0 bridgehead atoms. The first-order valence-corrected chi connectivity index (χ1v) is 11.2. The molecule has 1 fully saturated rings. The highest BCUT2D eigenvalue weighted by Crippen LogP contribution is 2.38. The van der Waals surface area contributed by atoms with Gasteiger partial charge in [-0.1, -0.05) is 32.8 Å². The zero-order valence-electron chi connectivity index (χ0n) is 16.2. The molecule has 6 nitrogen and oxygen atoms in total. The average Bonchev–Trinajstić information content (AvgIpc) is 3.17. The molecule has 2 aliphatic rings. The summed E-state index contributed by atoms with van der Waals surface area (Å²) in [5, 5.41) is 0. The van der Waals surface area contributed by atoms with Gasteiger partial charge in [0.25, 0.3) is 0 Å². The molecule has 0 radical (unpaired) electrons. The van der Waals surface area contributed by atoms with Crippen molar-refractivity contribution in [2.75, 3.05) is 6.79 Å². The van der Waals surface area contributed by atoms with Crippen LogP contribution >= 0.6 is 0 Å². The van der Waals surface area contributed by atoms with Gasteiger partial charge in [-0.25, -0.2) is 8.42 Å². The van der Waals surface area contributed by atoms with E-state index in [4.69, 9.17) is 9.47 Å². The third-order valence-electron chi connectivity index (χ3n) is 6.05. The fourth-order valence-electron chi connectivity index (χ4n) is 4.20. The largest absolute Gasteiger partial charge is 0.454 e. The zero-order valence-corrected chi connectivity index (χ0v) is 17.1. The lowest BCUT2D eigenvalue weighted by atomic mass is 9.78. The number of nitrogens with zero attached hydrogens (tertiary/aromatic N) is 2. The number of benzene rings is 1. The second-order valence-electron chi connectivity index (χ2n) is 7.76. The van der Waals surface area contributed by atoms with Gasteiger partial charge in [-0.3, -0.25) is 4.98 Å². The monoisotopic (exact) mass is 402 g/mol. The predicted molar refractivity (Wildman–Crippen MR) is 105 cm³/mol. The molecule has 2 heterocycles. The van der Waals surface area contributed by atoms with Crippen LogP contribution in [0.4, 0.5) is 0 Å². The summed E-state index contributed by atoms with van der Waals surface area (Å²) in [5.41, 5.74) is 0.891. The third kappa shape index (κ3) is 3.61. The van der Waals surface area contributed by atoms with E-state index in [2.05, 4.69) is 18.8 Å². The van der Waals surface area contributed by atoms with Crippen molar-refractivity contribution in [3.05, 3.63) is 48.3 Å². The van der Waals surface area contributed by atoms with E-state index in [1.807, 2.05) is 18.2 Å². The summed E-state index contributed by atoms with van der Waals surface area (Å²) in [4.78, 5) is 4.26. The zero-order chi connectivity index (χ0) is 19.7. The quantitative estimate of drug-likeness (QED) is 0.760. The fraction of sp³-hybridized carbons (Fsp3) is 0.476. The highest BCUT2D eigenvalue weighted by Gasteiger charge is 2.38. The Hall–Kier alpha value is -2.12. The molecular weight excluding hydrogens is 376 g/mol. The Morgan fingerprint density at radius 2 is 1.96 bits per heavy atom. The normalized spacial score (nSPS) is 24.5. The van der Waals surface area contributed by atoms with Crippen LogP contribution in [0.3, 0.4) is 0 Å². The van der Waals surface area contributed by atoms with E-state index >= 15 is 0 Å². The van der Waals surface area contributed by atoms with E-state index in [9.17, 15) is 8.42 Å². The van der Waals surface area contributed by atoms with E-state index in [1.165, 1.54) is 6.20 Å². The molecule has 150 valence electrons. The first-order chi connectivity index (χ1) is 13.5. The summed E-state index contributed by atoms with van der Waals surface area (Å²) in [6.07, 6.45) is 6.07. The Morgan fingerprint density at radius 3 is 2.75 bits per heavy atom. The molecular formula is C21H26N2O4S. The number of aromatic nitrogens is 1. The SMILES string of the molecule is C[C@@H]1[C@H](C)CCC[C@@H]1N(Cc1ccc2c(c1)OCO2)S(=O)(=O)c1cccnc1. The Bertz CT molecular complexity index is 933. The molecule has 0 amide bonds. The second kappa shape index (κ2) is 7.72. The minimum atomic E-state index is -3.67. The first-order valence-electron chi connectivity index (χ1n) is 9.77. The predicted octanol–water partition coefficient (Wildman–Crippen LogP) is 3.83. The summed E-state index contributed by atoms with van der Waals surface area (Å²) >= 11 is 0. The highest BCUT2D eigenvalue weighted by atomic mass is 32.2. The van der Waals surface area contributed by atoms with E-state index in [1.54, 1.807) is 22.6 Å². The van der Waals surface area contributed by atoms with Crippen LogP contribution in [0, 0.1) is 11.8 Å². The molecule has 3 atom stereocenters. The highest BCUT2D eigenvalue weighted by molar-refractivity contribution is 7.89. The summed E-state index contributed by atoms with van der Waals surface area (Å²) in [6, 6.07) is 8.88. The second-order valence-corrected chi connectivity index (χ2v) is 9.65. The van der Waals surface area contributed by atoms with Crippen molar-refractivity contribution in [2.24, 2.45) is 11.8 Å². The number of ether oxygens (including phenoxy) is 2. The van der Waals surface area contributed by atoms with Gasteiger partial charge in [0.05, 0.1) is 0 Å². The van der Waals surface area contributed by atoms with Crippen molar-refractivity contribution >= 4 is 10.0 Å². The molecule has 1 aliphatic heterocycles. The van der Waals surface area contributed by atoms with E-state index in [0.717, 1.165) is 24.8 Å². The Morgan fingerprint density at radius 1 is 1.14 bits per heavy atom. The van der Waals surface area contributed by atoms with E-state index in [0.29, 0.717) is 24.0 Å². The number of hydrogen-bond acceptors (Lipinski definition) is 5. The minimum absolute atomic E-state index is 0.0422. The lowest BCUT2D eigenvalue weighted by molar-refractivity contribution is 0.138. The van der Waals surface area contributed by atoms with Crippen molar-refractivity contribution in [1.29, 1.82) is 0 Å². The van der Waals surface area contributed by atoms with Gasteiger partial charge >= 0.3 is 0 Å². The summed E-state index contributed by atoms with van der Waals surface area (Å²) in [7, 11) is -3.67. The van der Waals surface area contributed by atoms with Gasteiger partial charge in [-0.2, -0.15) is 4.31 Å². The van der Waals surface area contributed by atoms with Gasteiger partial charge in [-0.05, 0) is 48.1 Å². The molecule has 0 saturated heterocycles. The Labute approximate surface area is 166 Å². The third-order valence-corrected chi connectivity index (χ3v) is 7.90. The van der Waals surface area contributed by atoms with Crippen molar-refractivity contribution in [3.63, 3.8) is 0 Å². The topological polar surface area (TPSA) is 68.7 Å². The maximum atomic E-state index is 13.6. The maximum absolute atomic E-state index is 13.6. The molecule has 4 rings (SSSR count). The molecule has 28 heavy (non-hydrogen) atoms. The van der Waals surface area contributed by atoms with Crippen molar-refractivity contribution in [3.8, 4) is 11.5 Å². The number of sulfonamides is 1. The molecule has 0 spiro atoms. The number of pyridine rings is 1. The van der Waals surface area contributed by atoms with Crippen molar-refractivity contribution < 1.29 is 17.9 Å². The molecule has 7 heteroatoms. The summed E-state index contributed by atoms with van der Waals surface area (Å²) in [5.74, 6) is 2.14. The van der Waals surface area contributed by atoms with Crippen LogP contribution in [0.2, 0.25) is 0 Å². The molecule has 0 unspecified atom stereocenters. The van der Waals surface area contributed by atoms with Crippen LogP contribution in [0.15, 0.2) is 47.6 Å². The van der Waals surface area contributed by atoms with E-state index < -0.39 is 10.0 Å². The fourth-order valence-corrected chi connectivity index (χ4v) is 5.88. The van der Waals surface area contributed by atoms with Gasteiger partial charge in [0.1, 0.15) is 4.90 Å². The van der Waals surface area contributed by atoms with Gasteiger partial charge in [-0.15, -0.1) is 0 Å². The summed E-state index contributed by atoms with van der Waals surface area (Å²) in [6.45, 7) is 4.88. The van der Waals surface area contributed by atoms with Gasteiger partial charge in [0, 0.05) is 25.0 Å². The molecule has 1 aliphatic carbocycles. The van der Waals surface area contributed by atoms with Crippen molar-refractivity contribution in [2.45, 2.75) is 50.6 Å². The molecule has 2 aromatic rings. The summed E-state index contributed by atoms with van der Waals surface area (Å²) < 4.78 is 39.6. The Kier molecular flexibility index (Phi) is 5.29. The van der Waals surface area contributed by atoms with Crippen LogP contribution in [-0.2, 0) is 16.6 Å². The van der Waals surface area contributed by atoms with Crippen LogP contribution in [-0.4, -0.2) is 30.5 Å². The smallest absolute Gasteiger partial charge is 0.245 e. The average molecular weight is 403 g/mol. The van der Waals surface area contributed by atoms with Crippen molar-refractivity contribution in [1.82, 2.24) is 9.29 Å².